The number of thioether (sulfide) groups is 2. The summed E-state index contributed by atoms with van der Waals surface area (Å²) in [4.78, 5) is 24.7. The smallest absolute Gasteiger partial charge is 0.269 e. The fraction of sp³-hybridized carbons (Fsp3) is 0.333. The molecule has 2 aromatic carbocycles. The number of benzene rings is 2. The first-order valence-corrected chi connectivity index (χ1v) is 12.5. The number of para-hydroxylation sites is 1. The van der Waals surface area contributed by atoms with Crippen molar-refractivity contribution in [3.05, 3.63) is 58.5 Å². The average Bonchev–Trinajstić information content (AvgIpc) is 3.31. The number of hydrogen-bond donors (Lipinski definition) is 1. The molecule has 2 fully saturated rings. The Bertz CT molecular complexity index is 1080. The zero-order chi connectivity index (χ0) is 21.4. The number of phenols is 1. The van der Waals surface area contributed by atoms with Crippen LogP contribution in [0.2, 0.25) is 0 Å². The van der Waals surface area contributed by atoms with Crippen LogP contribution in [0, 0.1) is 0 Å². The lowest BCUT2D eigenvalue weighted by Gasteiger charge is -2.30. The summed E-state index contributed by atoms with van der Waals surface area (Å²) < 4.78 is 0. The van der Waals surface area contributed by atoms with Gasteiger partial charge in [-0.3, -0.25) is 9.69 Å². The van der Waals surface area contributed by atoms with Crippen LogP contribution in [0.5, 0.6) is 5.75 Å². The number of fused-ring (bicyclic) bond motifs is 1. The van der Waals surface area contributed by atoms with E-state index in [9.17, 15) is 9.90 Å². The highest BCUT2D eigenvalue weighted by Gasteiger charge is 2.42. The first-order chi connectivity index (χ1) is 15.2. The molecule has 1 N–H and O–H groups in total. The molecular formula is C24H25N3O2S2. The van der Waals surface area contributed by atoms with Crippen LogP contribution in [0.4, 0.5) is 11.4 Å². The molecule has 2 aliphatic heterocycles. The molecule has 0 radical (unpaired) electrons. The first kappa shape index (κ1) is 20.5. The molecule has 5 nitrogen and oxygen atoms in total. The van der Waals surface area contributed by atoms with Gasteiger partial charge in [0.2, 0.25) is 0 Å². The van der Waals surface area contributed by atoms with Gasteiger partial charge in [-0.25, -0.2) is 4.99 Å². The molecule has 2 aromatic rings. The van der Waals surface area contributed by atoms with E-state index in [1.165, 1.54) is 23.1 Å². The lowest BCUT2D eigenvalue weighted by Crippen LogP contribution is -2.40. The fourth-order valence-electron chi connectivity index (χ4n) is 4.44. The number of carbonyl (C=O) groups excluding carboxylic acids is 1. The van der Waals surface area contributed by atoms with E-state index in [1.54, 1.807) is 30.0 Å². The predicted octanol–water partition coefficient (Wildman–Crippen LogP) is 6.09. The molecule has 1 saturated carbocycles. The van der Waals surface area contributed by atoms with E-state index in [4.69, 9.17) is 4.99 Å². The minimum Gasteiger partial charge on any atom is -0.508 e. The van der Waals surface area contributed by atoms with Crippen LogP contribution >= 0.6 is 23.5 Å². The van der Waals surface area contributed by atoms with Crippen molar-refractivity contribution in [3.8, 4) is 5.75 Å². The third-order valence-corrected chi connectivity index (χ3v) is 8.28. The minimum atomic E-state index is 0.0598. The second-order valence-corrected chi connectivity index (χ2v) is 9.94. The van der Waals surface area contributed by atoms with Gasteiger partial charge in [0.1, 0.15) is 15.7 Å². The second kappa shape index (κ2) is 8.63. The molecule has 1 amide bonds. The van der Waals surface area contributed by atoms with Crippen molar-refractivity contribution < 1.29 is 9.90 Å². The van der Waals surface area contributed by atoms with Gasteiger partial charge in [-0.15, -0.1) is 0 Å². The number of rotatable bonds is 3. The summed E-state index contributed by atoms with van der Waals surface area (Å²) in [6.07, 6.45) is 5.54. The highest BCUT2D eigenvalue weighted by atomic mass is 32.2. The highest BCUT2D eigenvalue weighted by Crippen LogP contribution is 2.51. The topological polar surface area (TPSA) is 56.1 Å². The lowest BCUT2D eigenvalue weighted by molar-refractivity contribution is -0.124. The number of phenolic OH excluding ortho intramolecular Hbond substituents is 1. The number of anilines is 1. The maximum Gasteiger partial charge on any atom is 0.269 e. The zero-order valence-electron chi connectivity index (χ0n) is 17.5. The molecule has 0 aromatic heterocycles. The van der Waals surface area contributed by atoms with Crippen LogP contribution < -0.4 is 4.90 Å². The Morgan fingerprint density at radius 1 is 1.06 bits per heavy atom. The van der Waals surface area contributed by atoms with E-state index in [-0.39, 0.29) is 17.7 Å². The molecule has 31 heavy (non-hydrogen) atoms. The van der Waals surface area contributed by atoms with Crippen LogP contribution in [0.25, 0.3) is 0 Å². The summed E-state index contributed by atoms with van der Waals surface area (Å²) in [7, 11) is 0. The molecule has 7 heteroatoms. The quantitative estimate of drug-likeness (QED) is 0.572. The second-order valence-electron chi connectivity index (χ2n) is 7.93. The fourth-order valence-corrected chi connectivity index (χ4v) is 6.90. The van der Waals surface area contributed by atoms with Crippen LogP contribution in [-0.2, 0) is 4.79 Å². The summed E-state index contributed by atoms with van der Waals surface area (Å²) >= 11 is 3.14. The maximum atomic E-state index is 13.7. The van der Waals surface area contributed by atoms with Crippen molar-refractivity contribution in [1.29, 1.82) is 0 Å². The summed E-state index contributed by atoms with van der Waals surface area (Å²) in [5.74, 6) is 0.238. The van der Waals surface area contributed by atoms with E-state index in [2.05, 4.69) is 24.0 Å². The van der Waals surface area contributed by atoms with Crippen molar-refractivity contribution in [2.75, 3.05) is 11.4 Å². The number of hydrogen-bond acceptors (Lipinski definition) is 6. The summed E-state index contributed by atoms with van der Waals surface area (Å²) in [5.41, 5.74) is 1.82. The van der Waals surface area contributed by atoms with Gasteiger partial charge >= 0.3 is 0 Å². The van der Waals surface area contributed by atoms with Gasteiger partial charge in [-0.05, 0) is 55.8 Å². The summed E-state index contributed by atoms with van der Waals surface area (Å²) in [6.45, 7) is 2.92. The maximum absolute atomic E-state index is 13.7. The van der Waals surface area contributed by atoms with Crippen LogP contribution in [0.1, 0.15) is 39.0 Å². The van der Waals surface area contributed by atoms with Gasteiger partial charge in [0.15, 0.2) is 5.17 Å². The third kappa shape index (κ3) is 3.85. The van der Waals surface area contributed by atoms with Crippen LogP contribution in [0.3, 0.4) is 0 Å². The van der Waals surface area contributed by atoms with Gasteiger partial charge in [-0.2, -0.15) is 0 Å². The van der Waals surface area contributed by atoms with Gasteiger partial charge in [0.05, 0.1) is 11.4 Å². The van der Waals surface area contributed by atoms with Crippen molar-refractivity contribution in [1.82, 2.24) is 4.90 Å². The number of nitrogens with zero attached hydrogens (tertiary/aromatic N) is 3. The molecule has 1 saturated heterocycles. The Hall–Kier alpha value is -2.38. The Kier molecular flexibility index (Phi) is 5.71. The number of aromatic hydroxyl groups is 1. The molecule has 2 heterocycles. The monoisotopic (exact) mass is 451 g/mol. The molecule has 160 valence electrons. The van der Waals surface area contributed by atoms with Gasteiger partial charge in [0.25, 0.3) is 5.91 Å². The van der Waals surface area contributed by atoms with Gasteiger partial charge in [-0.1, -0.05) is 49.2 Å². The van der Waals surface area contributed by atoms with Crippen molar-refractivity contribution in [3.63, 3.8) is 0 Å². The Balaban J connectivity index is 1.57. The van der Waals surface area contributed by atoms with Crippen molar-refractivity contribution in [2.24, 2.45) is 4.99 Å². The normalized spacial score (nSPS) is 23.1. The third-order valence-electron chi connectivity index (χ3n) is 5.93. The van der Waals surface area contributed by atoms with Crippen LogP contribution in [-0.4, -0.2) is 33.7 Å². The van der Waals surface area contributed by atoms with E-state index in [1.807, 2.05) is 23.1 Å². The standard InChI is InChI=1S/C24H25N3O2S2/c1-2-26-19-13-6-7-14-20(19)30-23(26)21-22(29)27(17-10-4-3-5-11-17)24(31-21)25-16-9-8-12-18(28)15-16/h6-9,12-15,17,28H,2-5,10-11H2,1H3. The first-order valence-electron chi connectivity index (χ1n) is 10.8. The zero-order valence-corrected chi connectivity index (χ0v) is 19.1. The highest BCUT2D eigenvalue weighted by molar-refractivity contribution is 8.19. The van der Waals surface area contributed by atoms with Crippen molar-refractivity contribution in [2.45, 2.75) is 50.0 Å². The van der Waals surface area contributed by atoms with E-state index < -0.39 is 0 Å². The van der Waals surface area contributed by atoms with E-state index >= 15 is 0 Å². The molecule has 5 rings (SSSR count). The summed E-state index contributed by atoms with van der Waals surface area (Å²) in [5, 5.41) is 11.6. The molecule has 1 aliphatic carbocycles. The van der Waals surface area contributed by atoms with Crippen LogP contribution in [0.15, 0.2) is 68.4 Å². The van der Waals surface area contributed by atoms with Crippen molar-refractivity contribution >= 4 is 46.0 Å². The number of aliphatic imine (C=N–C) groups is 1. The Labute approximate surface area is 191 Å². The largest absolute Gasteiger partial charge is 0.508 e. The number of amides is 1. The van der Waals surface area contributed by atoms with Gasteiger partial charge in [0, 0.05) is 23.5 Å². The minimum absolute atomic E-state index is 0.0598. The molecule has 0 bridgehead atoms. The summed E-state index contributed by atoms with van der Waals surface area (Å²) in [6, 6.07) is 15.4. The number of carbonyl (C=O) groups is 1. The lowest BCUT2D eigenvalue weighted by atomic mass is 9.94. The molecular weight excluding hydrogens is 426 g/mol. The van der Waals surface area contributed by atoms with E-state index in [0.717, 1.165) is 53.0 Å². The predicted molar refractivity (Wildman–Crippen MR) is 129 cm³/mol. The molecule has 0 atom stereocenters. The van der Waals surface area contributed by atoms with E-state index in [0.29, 0.717) is 5.69 Å². The average molecular weight is 452 g/mol. The molecule has 3 aliphatic rings. The molecule has 0 spiro atoms. The Morgan fingerprint density at radius 3 is 2.65 bits per heavy atom. The Morgan fingerprint density at radius 2 is 1.87 bits per heavy atom. The van der Waals surface area contributed by atoms with Gasteiger partial charge < -0.3 is 10.0 Å². The molecule has 0 unspecified atom stereocenters. The number of amidine groups is 1. The SMILES string of the molecule is CCN1C(=C2SC(=Nc3cccc(O)c3)N(C3CCCCC3)C2=O)Sc2ccccc21.